The maximum Gasteiger partial charge on any atom is 0.251 e. The number of ether oxygens (including phenoxy) is 2. The van der Waals surface area contributed by atoms with Crippen molar-refractivity contribution < 1.29 is 14.3 Å². The van der Waals surface area contributed by atoms with Crippen LogP contribution in [0.25, 0.3) is 10.9 Å². The third-order valence-electron chi connectivity index (χ3n) is 4.81. The summed E-state index contributed by atoms with van der Waals surface area (Å²) in [5.41, 5.74) is 3.95. The van der Waals surface area contributed by atoms with E-state index in [-0.39, 0.29) is 11.5 Å². The molecule has 2 aromatic carbocycles. The van der Waals surface area contributed by atoms with E-state index in [4.69, 9.17) is 9.47 Å². The van der Waals surface area contributed by atoms with Crippen LogP contribution in [-0.4, -0.2) is 31.7 Å². The first-order chi connectivity index (χ1) is 13.4. The lowest BCUT2D eigenvalue weighted by molar-refractivity contribution is 0.0953. The molecule has 0 bridgehead atoms. The van der Waals surface area contributed by atoms with Crippen LogP contribution in [0.1, 0.15) is 27.0 Å². The number of hydrogen-bond donors (Lipinski definition) is 2. The Hall–Kier alpha value is -3.28. The van der Waals surface area contributed by atoms with Crippen molar-refractivity contribution in [2.45, 2.75) is 20.3 Å². The van der Waals surface area contributed by atoms with Crippen LogP contribution in [0.15, 0.2) is 41.2 Å². The van der Waals surface area contributed by atoms with E-state index in [1.807, 2.05) is 32.0 Å². The summed E-state index contributed by atoms with van der Waals surface area (Å²) in [6.07, 6.45) is 0.436. The summed E-state index contributed by atoms with van der Waals surface area (Å²) in [4.78, 5) is 27.8. The highest BCUT2D eigenvalue weighted by molar-refractivity contribution is 5.95. The number of fused-ring (bicyclic) bond motifs is 1. The average Bonchev–Trinajstić information content (AvgIpc) is 2.71. The molecule has 3 rings (SSSR count). The van der Waals surface area contributed by atoms with E-state index in [9.17, 15) is 9.59 Å². The second-order valence-electron chi connectivity index (χ2n) is 6.72. The number of benzene rings is 2. The number of aromatic nitrogens is 1. The number of H-pyrrole nitrogens is 1. The van der Waals surface area contributed by atoms with Gasteiger partial charge in [0, 0.05) is 29.1 Å². The Morgan fingerprint density at radius 1 is 1.00 bits per heavy atom. The second kappa shape index (κ2) is 8.17. The number of carbonyl (C=O) groups excluding carboxylic acids is 1. The molecule has 3 aromatic rings. The zero-order valence-electron chi connectivity index (χ0n) is 16.5. The van der Waals surface area contributed by atoms with Crippen molar-refractivity contribution in [3.8, 4) is 11.5 Å². The summed E-state index contributed by atoms with van der Waals surface area (Å²) < 4.78 is 10.4. The van der Waals surface area contributed by atoms with Gasteiger partial charge in [-0.3, -0.25) is 9.59 Å². The average molecular weight is 380 g/mol. The second-order valence-corrected chi connectivity index (χ2v) is 6.72. The fraction of sp³-hybridized carbons (Fsp3) is 0.273. The number of nitrogens with one attached hydrogen (secondary N) is 2. The lowest BCUT2D eigenvalue weighted by Crippen LogP contribution is -2.27. The number of pyridine rings is 1. The standard InChI is InChI=1S/C22H24N2O4/c1-13-5-6-14(2)20-19(13)11-15(22(26)24-20)7-8-23-21(25)16-9-17(27-3)12-18(10-16)28-4/h5-6,9-12H,7-8H2,1-4H3,(H,23,25)(H,24,26). The Morgan fingerprint density at radius 3 is 2.29 bits per heavy atom. The van der Waals surface area contributed by atoms with E-state index in [0.717, 1.165) is 22.0 Å². The highest BCUT2D eigenvalue weighted by Gasteiger charge is 2.11. The number of rotatable bonds is 6. The van der Waals surface area contributed by atoms with Gasteiger partial charge in [0.1, 0.15) is 11.5 Å². The van der Waals surface area contributed by atoms with Gasteiger partial charge in [0.25, 0.3) is 11.5 Å². The first-order valence-electron chi connectivity index (χ1n) is 9.06. The first-order valence-corrected chi connectivity index (χ1v) is 9.06. The molecule has 0 fully saturated rings. The third-order valence-corrected chi connectivity index (χ3v) is 4.81. The molecule has 0 aliphatic rings. The molecule has 6 nitrogen and oxygen atoms in total. The summed E-state index contributed by atoms with van der Waals surface area (Å²) in [7, 11) is 3.07. The normalized spacial score (nSPS) is 10.7. The van der Waals surface area contributed by atoms with Crippen LogP contribution in [0.2, 0.25) is 0 Å². The van der Waals surface area contributed by atoms with Gasteiger partial charge in [-0.25, -0.2) is 0 Å². The maximum absolute atomic E-state index is 12.5. The smallest absolute Gasteiger partial charge is 0.251 e. The molecule has 0 saturated heterocycles. The third kappa shape index (κ3) is 4.01. The quantitative estimate of drug-likeness (QED) is 0.688. The topological polar surface area (TPSA) is 80.4 Å². The predicted octanol–water partition coefficient (Wildman–Crippen LogP) is 3.13. The monoisotopic (exact) mass is 380 g/mol. The zero-order valence-corrected chi connectivity index (χ0v) is 16.5. The SMILES string of the molecule is COc1cc(OC)cc(C(=O)NCCc2cc3c(C)ccc(C)c3[nH]c2=O)c1. The Balaban J connectivity index is 1.75. The molecule has 0 aliphatic carbocycles. The molecular formula is C22H24N2O4. The number of hydrogen-bond acceptors (Lipinski definition) is 4. The highest BCUT2D eigenvalue weighted by Crippen LogP contribution is 2.22. The largest absolute Gasteiger partial charge is 0.497 e. The minimum absolute atomic E-state index is 0.126. The fourth-order valence-corrected chi connectivity index (χ4v) is 3.16. The van der Waals surface area contributed by atoms with Crippen molar-refractivity contribution in [1.29, 1.82) is 0 Å². The molecule has 28 heavy (non-hydrogen) atoms. The van der Waals surface area contributed by atoms with E-state index in [1.165, 1.54) is 14.2 Å². The van der Waals surface area contributed by atoms with Gasteiger partial charge >= 0.3 is 0 Å². The van der Waals surface area contributed by atoms with Crippen molar-refractivity contribution in [2.75, 3.05) is 20.8 Å². The lowest BCUT2D eigenvalue weighted by atomic mass is 10.0. The van der Waals surface area contributed by atoms with Crippen LogP contribution in [0.3, 0.4) is 0 Å². The first kappa shape index (κ1) is 19.5. The van der Waals surface area contributed by atoms with Gasteiger partial charge in [0.2, 0.25) is 0 Å². The number of aryl methyl sites for hydroxylation is 2. The Kier molecular flexibility index (Phi) is 5.68. The molecule has 146 valence electrons. The number of carbonyl (C=O) groups is 1. The lowest BCUT2D eigenvalue weighted by Gasteiger charge is -2.10. The molecular weight excluding hydrogens is 356 g/mol. The van der Waals surface area contributed by atoms with Crippen LogP contribution in [-0.2, 0) is 6.42 Å². The number of methoxy groups -OCH3 is 2. The van der Waals surface area contributed by atoms with Gasteiger partial charge in [-0.15, -0.1) is 0 Å². The Morgan fingerprint density at radius 2 is 1.64 bits per heavy atom. The van der Waals surface area contributed by atoms with Crippen molar-refractivity contribution >= 4 is 16.8 Å². The van der Waals surface area contributed by atoms with Crippen molar-refractivity contribution in [1.82, 2.24) is 10.3 Å². The summed E-state index contributed by atoms with van der Waals surface area (Å²) in [6, 6.07) is 10.9. The summed E-state index contributed by atoms with van der Waals surface area (Å²) in [5, 5.41) is 3.87. The molecule has 2 N–H and O–H groups in total. The van der Waals surface area contributed by atoms with Crippen LogP contribution in [0.4, 0.5) is 0 Å². The van der Waals surface area contributed by atoms with Crippen molar-refractivity contribution in [2.24, 2.45) is 0 Å². The van der Waals surface area contributed by atoms with Gasteiger partial charge in [0.15, 0.2) is 0 Å². The van der Waals surface area contributed by atoms with Gasteiger partial charge < -0.3 is 19.8 Å². The molecule has 1 heterocycles. The fourth-order valence-electron chi connectivity index (χ4n) is 3.16. The molecule has 0 radical (unpaired) electrons. The van der Waals surface area contributed by atoms with E-state index >= 15 is 0 Å². The van der Waals surface area contributed by atoms with E-state index in [0.29, 0.717) is 35.6 Å². The molecule has 1 aromatic heterocycles. The molecule has 0 spiro atoms. The maximum atomic E-state index is 12.5. The van der Waals surface area contributed by atoms with E-state index in [2.05, 4.69) is 10.3 Å². The number of amides is 1. The minimum atomic E-state index is -0.249. The Bertz CT molecular complexity index is 1060. The number of aromatic amines is 1. The molecule has 6 heteroatoms. The van der Waals surface area contributed by atoms with Crippen LogP contribution in [0.5, 0.6) is 11.5 Å². The summed E-state index contributed by atoms with van der Waals surface area (Å²) in [6.45, 7) is 4.33. The van der Waals surface area contributed by atoms with Crippen molar-refractivity contribution in [3.05, 3.63) is 69.0 Å². The molecule has 0 saturated carbocycles. The van der Waals surface area contributed by atoms with Gasteiger partial charge in [-0.05, 0) is 49.6 Å². The van der Waals surface area contributed by atoms with Crippen LogP contribution in [0, 0.1) is 13.8 Å². The van der Waals surface area contributed by atoms with Crippen LogP contribution >= 0.6 is 0 Å². The molecule has 0 aliphatic heterocycles. The predicted molar refractivity (Wildman–Crippen MR) is 110 cm³/mol. The zero-order chi connectivity index (χ0) is 20.3. The van der Waals surface area contributed by atoms with Gasteiger partial charge in [0.05, 0.1) is 19.7 Å². The molecule has 1 amide bonds. The highest BCUT2D eigenvalue weighted by atomic mass is 16.5. The Labute approximate surface area is 163 Å². The van der Waals surface area contributed by atoms with Crippen LogP contribution < -0.4 is 20.3 Å². The van der Waals surface area contributed by atoms with E-state index in [1.54, 1.807) is 18.2 Å². The minimum Gasteiger partial charge on any atom is -0.497 e. The van der Waals surface area contributed by atoms with E-state index < -0.39 is 0 Å². The van der Waals surface area contributed by atoms with Crippen molar-refractivity contribution in [3.63, 3.8) is 0 Å². The summed E-state index contributed by atoms with van der Waals surface area (Å²) >= 11 is 0. The van der Waals surface area contributed by atoms with Gasteiger partial charge in [-0.2, -0.15) is 0 Å². The molecule has 0 unspecified atom stereocenters. The molecule has 0 atom stereocenters. The van der Waals surface area contributed by atoms with Gasteiger partial charge in [-0.1, -0.05) is 12.1 Å². The summed E-state index contributed by atoms with van der Waals surface area (Å²) in [5.74, 6) is 0.837.